The van der Waals surface area contributed by atoms with Crippen molar-refractivity contribution in [2.75, 3.05) is 6.26 Å². The third-order valence-corrected chi connectivity index (χ3v) is 2.46. The lowest BCUT2D eigenvalue weighted by Crippen LogP contribution is -2.23. The molecule has 0 aromatic rings. The highest BCUT2D eigenvalue weighted by atomic mass is 32.2. The molecule has 0 aliphatic carbocycles. The van der Waals surface area contributed by atoms with Crippen LogP contribution in [0.2, 0.25) is 0 Å². The highest BCUT2D eigenvalue weighted by Gasteiger charge is 2.23. The smallest absolute Gasteiger partial charge is 0.248 e. The fourth-order valence-corrected chi connectivity index (χ4v) is 1.64. The second kappa shape index (κ2) is 8.43. The van der Waals surface area contributed by atoms with Crippen LogP contribution < -0.4 is 0 Å². The molecule has 17 heavy (non-hydrogen) atoms. The van der Waals surface area contributed by atoms with Crippen LogP contribution in [0.4, 0.5) is 8.78 Å². The van der Waals surface area contributed by atoms with Crippen molar-refractivity contribution in [3.8, 4) is 11.8 Å². The number of rotatable bonds is 7. The summed E-state index contributed by atoms with van der Waals surface area (Å²) in [7, 11) is -3.90. The summed E-state index contributed by atoms with van der Waals surface area (Å²) in [5, 5.41) is 0. The molecule has 0 radical (unpaired) electrons. The molecule has 0 bridgehead atoms. The summed E-state index contributed by atoms with van der Waals surface area (Å²) in [4.78, 5) is 0. The fraction of sp³-hybridized carbons (Fsp3) is 0.818. The van der Waals surface area contributed by atoms with Crippen molar-refractivity contribution in [3.63, 3.8) is 0 Å². The van der Waals surface area contributed by atoms with Crippen molar-refractivity contribution >= 4 is 10.1 Å². The second-order valence-electron chi connectivity index (χ2n) is 3.69. The standard InChI is InChI=1S/C11H18F2O3S/c1-3-4-5-6-7-8-9-10(11(12)13)16-17(2,14)15/h10-11H,3-7H2,1-2H3. The summed E-state index contributed by atoms with van der Waals surface area (Å²) in [6.07, 6.45) is 0.433. The van der Waals surface area contributed by atoms with Crippen molar-refractivity contribution in [2.24, 2.45) is 0 Å². The van der Waals surface area contributed by atoms with Gasteiger partial charge in [0.25, 0.3) is 16.5 Å². The Morgan fingerprint density at radius 2 is 1.88 bits per heavy atom. The molecule has 0 N–H and O–H groups in total. The van der Waals surface area contributed by atoms with Gasteiger partial charge in [-0.15, -0.1) is 5.92 Å². The van der Waals surface area contributed by atoms with Gasteiger partial charge in [-0.1, -0.05) is 32.1 Å². The first-order valence-corrected chi connectivity index (χ1v) is 7.33. The molecule has 0 saturated carbocycles. The zero-order chi connectivity index (χ0) is 13.3. The monoisotopic (exact) mass is 268 g/mol. The molecule has 0 aromatic carbocycles. The second-order valence-corrected chi connectivity index (χ2v) is 5.29. The van der Waals surface area contributed by atoms with Crippen LogP contribution >= 0.6 is 0 Å². The van der Waals surface area contributed by atoms with Gasteiger partial charge in [0.05, 0.1) is 6.26 Å². The zero-order valence-electron chi connectivity index (χ0n) is 10.1. The largest absolute Gasteiger partial charge is 0.276 e. The van der Waals surface area contributed by atoms with E-state index in [-0.39, 0.29) is 0 Å². The summed E-state index contributed by atoms with van der Waals surface area (Å²) in [5.41, 5.74) is 0. The maximum atomic E-state index is 12.4. The zero-order valence-corrected chi connectivity index (χ0v) is 10.9. The SMILES string of the molecule is CCCCCCC#CC(OS(C)(=O)=O)C(F)F. The summed E-state index contributed by atoms with van der Waals surface area (Å²) in [5.74, 6) is 4.68. The highest BCUT2D eigenvalue weighted by Crippen LogP contribution is 2.08. The van der Waals surface area contributed by atoms with E-state index in [0.29, 0.717) is 6.42 Å². The van der Waals surface area contributed by atoms with Crippen LogP contribution in [0, 0.1) is 11.8 Å². The van der Waals surface area contributed by atoms with E-state index in [4.69, 9.17) is 0 Å². The minimum Gasteiger partial charge on any atom is -0.248 e. The predicted octanol–water partition coefficient (Wildman–Crippen LogP) is 2.57. The lowest BCUT2D eigenvalue weighted by atomic mass is 10.1. The molecular weight excluding hydrogens is 250 g/mol. The molecule has 0 rings (SSSR count). The van der Waals surface area contributed by atoms with Gasteiger partial charge in [0.2, 0.25) is 0 Å². The number of alkyl halides is 2. The lowest BCUT2D eigenvalue weighted by Gasteiger charge is -2.08. The third-order valence-electron chi connectivity index (χ3n) is 1.91. The van der Waals surface area contributed by atoms with Crippen molar-refractivity contribution in [1.29, 1.82) is 0 Å². The number of hydrogen-bond acceptors (Lipinski definition) is 3. The Morgan fingerprint density at radius 3 is 2.35 bits per heavy atom. The van der Waals surface area contributed by atoms with E-state index in [9.17, 15) is 17.2 Å². The Labute approximate surface area is 102 Å². The van der Waals surface area contributed by atoms with Crippen LogP contribution in [0.25, 0.3) is 0 Å². The average molecular weight is 268 g/mol. The molecule has 1 unspecified atom stereocenters. The molecular formula is C11H18F2O3S. The maximum absolute atomic E-state index is 12.4. The van der Waals surface area contributed by atoms with Gasteiger partial charge in [0, 0.05) is 6.42 Å². The molecule has 0 aromatic heterocycles. The van der Waals surface area contributed by atoms with Crippen LogP contribution in [-0.4, -0.2) is 27.2 Å². The van der Waals surface area contributed by atoms with E-state index in [1.165, 1.54) is 0 Å². The molecule has 0 fully saturated rings. The van der Waals surface area contributed by atoms with Crippen LogP contribution in [0.3, 0.4) is 0 Å². The van der Waals surface area contributed by atoms with Crippen molar-refractivity contribution in [3.05, 3.63) is 0 Å². The topological polar surface area (TPSA) is 43.4 Å². The predicted molar refractivity (Wildman–Crippen MR) is 62.3 cm³/mol. The molecule has 3 nitrogen and oxygen atoms in total. The van der Waals surface area contributed by atoms with Gasteiger partial charge in [-0.25, -0.2) is 13.0 Å². The molecule has 0 saturated heterocycles. The molecule has 100 valence electrons. The van der Waals surface area contributed by atoms with Crippen molar-refractivity contribution in [2.45, 2.75) is 51.6 Å². The normalized spacial score (nSPS) is 13.2. The van der Waals surface area contributed by atoms with Gasteiger partial charge in [-0.05, 0) is 6.42 Å². The van der Waals surface area contributed by atoms with Crippen molar-refractivity contribution in [1.82, 2.24) is 0 Å². The molecule has 6 heteroatoms. The van der Waals surface area contributed by atoms with E-state index in [1.807, 2.05) is 0 Å². The van der Waals surface area contributed by atoms with Gasteiger partial charge < -0.3 is 0 Å². The Bertz CT molecular complexity index is 355. The first-order chi connectivity index (χ1) is 7.87. The number of halogens is 2. The molecule has 0 amide bonds. The van der Waals surface area contributed by atoms with Crippen LogP contribution in [0.15, 0.2) is 0 Å². The first-order valence-electron chi connectivity index (χ1n) is 5.51. The Balaban J connectivity index is 4.13. The Hall–Kier alpha value is -0.670. The van der Waals surface area contributed by atoms with E-state index in [1.54, 1.807) is 0 Å². The van der Waals surface area contributed by atoms with Gasteiger partial charge in [-0.2, -0.15) is 8.42 Å². The van der Waals surface area contributed by atoms with Crippen LogP contribution in [0.5, 0.6) is 0 Å². The molecule has 0 aliphatic rings. The van der Waals surface area contributed by atoms with E-state index in [0.717, 1.165) is 31.9 Å². The Kier molecular flexibility index (Phi) is 8.09. The van der Waals surface area contributed by atoms with Crippen LogP contribution in [-0.2, 0) is 14.3 Å². The quantitative estimate of drug-likeness (QED) is 0.405. The fourth-order valence-electron chi connectivity index (χ4n) is 1.13. The van der Waals surface area contributed by atoms with Gasteiger partial charge in [-0.3, -0.25) is 0 Å². The van der Waals surface area contributed by atoms with E-state index >= 15 is 0 Å². The summed E-state index contributed by atoms with van der Waals surface area (Å²) < 4.78 is 50.3. The molecule has 0 spiro atoms. The highest BCUT2D eigenvalue weighted by molar-refractivity contribution is 7.86. The van der Waals surface area contributed by atoms with Crippen LogP contribution in [0.1, 0.15) is 39.0 Å². The summed E-state index contributed by atoms with van der Waals surface area (Å²) in [6.45, 7) is 2.07. The molecule has 1 atom stereocenters. The first kappa shape index (κ1) is 16.3. The molecule has 0 aliphatic heterocycles. The lowest BCUT2D eigenvalue weighted by molar-refractivity contribution is 0.0479. The Morgan fingerprint density at radius 1 is 1.24 bits per heavy atom. The number of unbranched alkanes of at least 4 members (excludes halogenated alkanes) is 4. The van der Waals surface area contributed by atoms with E-state index < -0.39 is 22.6 Å². The summed E-state index contributed by atoms with van der Waals surface area (Å²) >= 11 is 0. The third kappa shape index (κ3) is 10.2. The van der Waals surface area contributed by atoms with Crippen molar-refractivity contribution < 1.29 is 21.4 Å². The van der Waals surface area contributed by atoms with Gasteiger partial charge >= 0.3 is 0 Å². The minimum absolute atomic E-state index is 0.482. The summed E-state index contributed by atoms with van der Waals surface area (Å²) in [6, 6.07) is 0. The average Bonchev–Trinajstić information content (AvgIpc) is 2.19. The minimum atomic E-state index is -3.90. The van der Waals surface area contributed by atoms with Gasteiger partial charge in [0.15, 0.2) is 6.10 Å². The molecule has 0 heterocycles. The maximum Gasteiger partial charge on any atom is 0.276 e. The number of hydrogen-bond donors (Lipinski definition) is 0. The van der Waals surface area contributed by atoms with E-state index in [2.05, 4.69) is 22.9 Å². The van der Waals surface area contributed by atoms with Gasteiger partial charge in [0.1, 0.15) is 0 Å².